The minimum Gasteiger partial charge on any atom is -0.322 e. The quantitative estimate of drug-likeness (QED) is 0.781. The zero-order valence-corrected chi connectivity index (χ0v) is 14.5. The molecule has 0 spiro atoms. The van der Waals surface area contributed by atoms with Crippen molar-refractivity contribution < 1.29 is 4.79 Å². The number of para-hydroxylation sites is 1. The molecule has 0 aliphatic carbocycles. The minimum absolute atomic E-state index is 0.220. The number of amides is 1. The fraction of sp³-hybridized carbons (Fsp3) is 0.150. The van der Waals surface area contributed by atoms with Crippen molar-refractivity contribution in [3.63, 3.8) is 0 Å². The second kappa shape index (κ2) is 7.13. The van der Waals surface area contributed by atoms with E-state index < -0.39 is 0 Å². The first-order valence-corrected chi connectivity index (χ1v) is 8.04. The van der Waals surface area contributed by atoms with Crippen LogP contribution in [0.2, 0.25) is 0 Å². The molecule has 3 aromatic rings. The van der Waals surface area contributed by atoms with Gasteiger partial charge in [0.15, 0.2) is 0 Å². The Kier molecular flexibility index (Phi) is 4.75. The molecule has 2 aromatic carbocycles. The summed E-state index contributed by atoms with van der Waals surface area (Å²) < 4.78 is 0. The van der Waals surface area contributed by atoms with Crippen LogP contribution in [0.25, 0.3) is 0 Å². The number of benzene rings is 2. The van der Waals surface area contributed by atoms with Crippen LogP contribution in [0, 0.1) is 13.8 Å². The Balaban J connectivity index is 1.76. The van der Waals surface area contributed by atoms with Gasteiger partial charge < -0.3 is 10.2 Å². The molecule has 0 unspecified atom stereocenters. The van der Waals surface area contributed by atoms with E-state index in [9.17, 15) is 4.79 Å². The van der Waals surface area contributed by atoms with Gasteiger partial charge in [-0.1, -0.05) is 30.3 Å². The van der Waals surface area contributed by atoms with Crippen molar-refractivity contribution in [3.8, 4) is 0 Å². The van der Waals surface area contributed by atoms with Crippen LogP contribution in [0.1, 0.15) is 21.5 Å². The molecule has 1 aromatic heterocycles. The summed E-state index contributed by atoms with van der Waals surface area (Å²) in [6.07, 6.45) is 3.09. The van der Waals surface area contributed by atoms with Crippen molar-refractivity contribution in [1.82, 2.24) is 9.97 Å². The van der Waals surface area contributed by atoms with E-state index >= 15 is 0 Å². The van der Waals surface area contributed by atoms with Gasteiger partial charge in [0.25, 0.3) is 5.91 Å². The normalized spacial score (nSPS) is 10.4. The second-order valence-corrected chi connectivity index (χ2v) is 5.94. The molecule has 1 amide bonds. The van der Waals surface area contributed by atoms with Crippen molar-refractivity contribution in [3.05, 3.63) is 77.6 Å². The van der Waals surface area contributed by atoms with Crippen LogP contribution in [-0.2, 0) is 0 Å². The number of nitrogens with one attached hydrogen (secondary N) is 1. The molecule has 5 nitrogen and oxygen atoms in total. The predicted molar refractivity (Wildman–Crippen MR) is 100 cm³/mol. The van der Waals surface area contributed by atoms with E-state index in [0.29, 0.717) is 11.5 Å². The molecule has 0 saturated carbocycles. The number of aromatic nitrogens is 2. The van der Waals surface area contributed by atoms with Gasteiger partial charge >= 0.3 is 0 Å². The van der Waals surface area contributed by atoms with Crippen LogP contribution in [0.3, 0.4) is 0 Å². The highest BCUT2D eigenvalue weighted by molar-refractivity contribution is 6.04. The summed E-state index contributed by atoms with van der Waals surface area (Å²) in [5, 5.41) is 2.92. The molecule has 0 fully saturated rings. The highest BCUT2D eigenvalue weighted by Gasteiger charge is 2.11. The molecule has 0 aliphatic heterocycles. The fourth-order valence-electron chi connectivity index (χ4n) is 2.44. The molecule has 1 heterocycles. The van der Waals surface area contributed by atoms with E-state index in [1.54, 1.807) is 12.4 Å². The van der Waals surface area contributed by atoms with E-state index in [-0.39, 0.29) is 5.91 Å². The van der Waals surface area contributed by atoms with E-state index in [1.165, 1.54) is 0 Å². The number of hydrogen-bond acceptors (Lipinski definition) is 4. The standard InChI is InChI=1S/C20H20N4O/c1-14-9-10-15(2)18(11-14)23-19(25)16-12-21-20(22-13-16)24(3)17-7-5-4-6-8-17/h4-13H,1-3H3,(H,23,25). The Labute approximate surface area is 147 Å². The van der Waals surface area contributed by atoms with Crippen molar-refractivity contribution in [2.24, 2.45) is 0 Å². The van der Waals surface area contributed by atoms with Crippen molar-refractivity contribution >= 4 is 23.2 Å². The summed E-state index contributed by atoms with van der Waals surface area (Å²) in [4.78, 5) is 22.9. The number of carbonyl (C=O) groups excluding carboxylic acids is 1. The Hall–Kier alpha value is -3.21. The van der Waals surface area contributed by atoms with E-state index in [1.807, 2.05) is 74.3 Å². The summed E-state index contributed by atoms with van der Waals surface area (Å²) in [6, 6.07) is 15.8. The fourth-order valence-corrected chi connectivity index (χ4v) is 2.44. The molecular weight excluding hydrogens is 312 g/mol. The first-order valence-electron chi connectivity index (χ1n) is 8.04. The Morgan fingerprint density at radius 1 is 1.00 bits per heavy atom. The lowest BCUT2D eigenvalue weighted by atomic mass is 10.1. The van der Waals surface area contributed by atoms with Crippen LogP contribution >= 0.6 is 0 Å². The monoisotopic (exact) mass is 332 g/mol. The Morgan fingerprint density at radius 3 is 2.36 bits per heavy atom. The van der Waals surface area contributed by atoms with Gasteiger partial charge in [-0.2, -0.15) is 0 Å². The number of hydrogen-bond donors (Lipinski definition) is 1. The number of nitrogens with zero attached hydrogens (tertiary/aromatic N) is 3. The lowest BCUT2D eigenvalue weighted by Crippen LogP contribution is -2.16. The lowest BCUT2D eigenvalue weighted by Gasteiger charge is -2.17. The van der Waals surface area contributed by atoms with Gasteiger partial charge in [-0.25, -0.2) is 9.97 Å². The van der Waals surface area contributed by atoms with E-state index in [0.717, 1.165) is 22.5 Å². The molecule has 126 valence electrons. The molecule has 0 aliphatic rings. The summed E-state index contributed by atoms with van der Waals surface area (Å²) in [5.74, 6) is 0.317. The average Bonchev–Trinajstić information content (AvgIpc) is 2.65. The molecule has 0 radical (unpaired) electrons. The molecule has 0 bridgehead atoms. The van der Waals surface area contributed by atoms with Crippen LogP contribution in [-0.4, -0.2) is 22.9 Å². The van der Waals surface area contributed by atoms with E-state index in [4.69, 9.17) is 0 Å². The number of rotatable bonds is 4. The largest absolute Gasteiger partial charge is 0.322 e. The first-order chi connectivity index (χ1) is 12.0. The molecule has 0 atom stereocenters. The first kappa shape index (κ1) is 16.6. The number of aryl methyl sites for hydroxylation is 2. The minimum atomic E-state index is -0.220. The van der Waals surface area contributed by atoms with Gasteiger partial charge in [-0.05, 0) is 43.2 Å². The third kappa shape index (κ3) is 3.83. The van der Waals surface area contributed by atoms with Gasteiger partial charge in [0.1, 0.15) is 0 Å². The Bertz CT molecular complexity index is 876. The van der Waals surface area contributed by atoms with Gasteiger partial charge in [0.2, 0.25) is 5.95 Å². The van der Waals surface area contributed by atoms with Crippen molar-refractivity contribution in [2.45, 2.75) is 13.8 Å². The summed E-state index contributed by atoms with van der Waals surface area (Å²) in [5.41, 5.74) is 4.31. The lowest BCUT2D eigenvalue weighted by molar-refractivity contribution is 0.102. The van der Waals surface area contributed by atoms with Gasteiger partial charge in [-0.15, -0.1) is 0 Å². The zero-order valence-electron chi connectivity index (χ0n) is 14.5. The molecule has 3 rings (SSSR count). The number of anilines is 3. The van der Waals surface area contributed by atoms with Crippen LogP contribution < -0.4 is 10.2 Å². The SMILES string of the molecule is Cc1ccc(C)c(NC(=O)c2cnc(N(C)c3ccccc3)nc2)c1. The highest BCUT2D eigenvalue weighted by atomic mass is 16.1. The maximum atomic E-state index is 12.4. The topological polar surface area (TPSA) is 58.1 Å². The molecule has 5 heteroatoms. The summed E-state index contributed by atoms with van der Waals surface area (Å²) in [6.45, 7) is 3.95. The molecule has 1 N–H and O–H groups in total. The smallest absolute Gasteiger partial charge is 0.258 e. The zero-order chi connectivity index (χ0) is 17.8. The molecular formula is C20H20N4O. The summed E-state index contributed by atoms with van der Waals surface area (Å²) >= 11 is 0. The van der Waals surface area contributed by atoms with E-state index in [2.05, 4.69) is 15.3 Å². The molecule has 25 heavy (non-hydrogen) atoms. The molecule has 0 saturated heterocycles. The van der Waals surface area contributed by atoms with Crippen LogP contribution in [0.15, 0.2) is 60.9 Å². The predicted octanol–water partition coefficient (Wildman–Crippen LogP) is 4.11. The third-order valence-electron chi connectivity index (χ3n) is 3.99. The van der Waals surface area contributed by atoms with Gasteiger partial charge in [-0.3, -0.25) is 4.79 Å². The second-order valence-electron chi connectivity index (χ2n) is 5.94. The maximum absolute atomic E-state index is 12.4. The highest BCUT2D eigenvalue weighted by Crippen LogP contribution is 2.20. The Morgan fingerprint density at radius 2 is 1.68 bits per heavy atom. The van der Waals surface area contributed by atoms with Gasteiger partial charge in [0.05, 0.1) is 5.56 Å². The maximum Gasteiger partial charge on any atom is 0.258 e. The third-order valence-corrected chi connectivity index (χ3v) is 3.99. The van der Waals surface area contributed by atoms with Crippen molar-refractivity contribution in [2.75, 3.05) is 17.3 Å². The van der Waals surface area contributed by atoms with Gasteiger partial charge in [0, 0.05) is 30.8 Å². The van der Waals surface area contributed by atoms with Crippen LogP contribution in [0.4, 0.5) is 17.3 Å². The number of carbonyl (C=O) groups is 1. The summed E-state index contributed by atoms with van der Waals surface area (Å²) in [7, 11) is 1.89. The van der Waals surface area contributed by atoms with Crippen LogP contribution in [0.5, 0.6) is 0 Å². The average molecular weight is 332 g/mol. The van der Waals surface area contributed by atoms with Crippen molar-refractivity contribution in [1.29, 1.82) is 0 Å².